The third-order valence-electron chi connectivity index (χ3n) is 4.54. The van der Waals surface area contributed by atoms with Crippen molar-refractivity contribution in [3.63, 3.8) is 0 Å². The van der Waals surface area contributed by atoms with Gasteiger partial charge >= 0.3 is 0 Å². The van der Waals surface area contributed by atoms with Crippen molar-refractivity contribution in [2.45, 2.75) is 62.6 Å². The molecule has 0 unspecified atom stereocenters. The molecule has 6 nitrogen and oxygen atoms in total. The second kappa shape index (κ2) is 9.01. The van der Waals surface area contributed by atoms with Gasteiger partial charge in [0.15, 0.2) is 0 Å². The van der Waals surface area contributed by atoms with Crippen LogP contribution in [0.5, 0.6) is 0 Å². The number of halogens is 1. The van der Waals surface area contributed by atoms with Gasteiger partial charge < -0.3 is 11.1 Å². The average Bonchev–Trinajstić information content (AvgIpc) is 3.16. The summed E-state index contributed by atoms with van der Waals surface area (Å²) in [6.07, 6.45) is 4.20. The van der Waals surface area contributed by atoms with E-state index in [1.165, 1.54) is 11.3 Å². The number of rotatable bonds is 7. The third-order valence-corrected chi connectivity index (χ3v) is 7.76. The lowest BCUT2D eigenvalue weighted by atomic mass is 9.96. The molecule has 4 N–H and O–H groups in total. The number of sulfonamides is 1. The summed E-state index contributed by atoms with van der Waals surface area (Å²) < 4.78 is 28.4. The molecule has 1 aliphatic carbocycles. The maximum absolute atomic E-state index is 12.7. The van der Waals surface area contributed by atoms with E-state index in [1.807, 2.05) is 26.8 Å². The quantitative estimate of drug-likeness (QED) is 0.626. The van der Waals surface area contributed by atoms with Crippen molar-refractivity contribution in [3.05, 3.63) is 17.0 Å². The first kappa shape index (κ1) is 23.4. The van der Waals surface area contributed by atoms with Gasteiger partial charge in [-0.05, 0) is 31.4 Å². The predicted octanol–water partition coefficient (Wildman–Crippen LogP) is 2.42. The highest BCUT2D eigenvalue weighted by Gasteiger charge is 2.37. The van der Waals surface area contributed by atoms with Crippen LogP contribution in [-0.2, 0) is 21.2 Å². The first-order valence-corrected chi connectivity index (χ1v) is 11.0. The number of nitrogens with one attached hydrogen (secondary N) is 2. The molecule has 0 bridgehead atoms. The lowest BCUT2D eigenvalue weighted by Gasteiger charge is -2.27. The molecule has 9 heteroatoms. The van der Waals surface area contributed by atoms with E-state index >= 15 is 0 Å². The van der Waals surface area contributed by atoms with E-state index in [9.17, 15) is 13.2 Å². The van der Waals surface area contributed by atoms with Crippen molar-refractivity contribution in [1.82, 2.24) is 10.0 Å². The fraction of sp³-hybridized carbons (Fsp3) is 0.706. The molecule has 1 fully saturated rings. The van der Waals surface area contributed by atoms with Crippen LogP contribution in [0.1, 0.15) is 51.3 Å². The van der Waals surface area contributed by atoms with Crippen LogP contribution >= 0.6 is 23.7 Å². The van der Waals surface area contributed by atoms with Crippen molar-refractivity contribution in [2.24, 2.45) is 11.1 Å². The molecule has 1 saturated carbocycles. The Hall–Kier alpha value is -0.670. The van der Waals surface area contributed by atoms with Gasteiger partial charge in [0.05, 0.1) is 0 Å². The molecule has 26 heavy (non-hydrogen) atoms. The SMILES string of the molecule is CC(C)(C)C(=O)NCCc1ccc(S(=O)(=O)NC2(CN)CCCC2)s1.Cl. The summed E-state index contributed by atoms with van der Waals surface area (Å²) >= 11 is 1.25. The highest BCUT2D eigenvalue weighted by molar-refractivity contribution is 7.91. The van der Waals surface area contributed by atoms with Crippen LogP contribution in [0, 0.1) is 5.41 Å². The number of hydrogen-bond acceptors (Lipinski definition) is 5. The molecule has 0 radical (unpaired) electrons. The summed E-state index contributed by atoms with van der Waals surface area (Å²) in [5.74, 6) is -0.00955. The van der Waals surface area contributed by atoms with Gasteiger partial charge in [0, 0.05) is 28.9 Å². The summed E-state index contributed by atoms with van der Waals surface area (Å²) in [6, 6.07) is 3.44. The molecular weight excluding hydrogens is 394 g/mol. The Balaban J connectivity index is 0.00000338. The van der Waals surface area contributed by atoms with Crippen molar-refractivity contribution in [3.8, 4) is 0 Å². The monoisotopic (exact) mass is 423 g/mol. The van der Waals surface area contributed by atoms with E-state index in [2.05, 4.69) is 10.0 Å². The molecule has 1 aliphatic rings. The van der Waals surface area contributed by atoms with E-state index in [4.69, 9.17) is 5.73 Å². The number of thiophene rings is 1. The molecule has 150 valence electrons. The Morgan fingerprint density at radius 1 is 1.27 bits per heavy atom. The average molecular weight is 424 g/mol. The second-order valence-corrected chi connectivity index (χ2v) is 10.9. The Morgan fingerprint density at radius 2 is 1.88 bits per heavy atom. The zero-order valence-corrected chi connectivity index (χ0v) is 18.1. The first-order valence-electron chi connectivity index (χ1n) is 8.69. The summed E-state index contributed by atoms with van der Waals surface area (Å²) in [5, 5.41) is 2.88. The fourth-order valence-corrected chi connectivity index (χ4v) is 5.76. The van der Waals surface area contributed by atoms with Gasteiger partial charge in [-0.3, -0.25) is 4.79 Å². The number of nitrogens with two attached hydrogens (primary N) is 1. The molecule has 0 saturated heterocycles. The maximum Gasteiger partial charge on any atom is 0.250 e. The predicted molar refractivity (Wildman–Crippen MR) is 108 cm³/mol. The minimum atomic E-state index is -3.56. The van der Waals surface area contributed by atoms with Crippen molar-refractivity contribution >= 4 is 39.7 Å². The minimum Gasteiger partial charge on any atom is -0.355 e. The molecule has 1 aromatic rings. The molecule has 0 atom stereocenters. The van der Waals surface area contributed by atoms with Crippen LogP contribution in [0.2, 0.25) is 0 Å². The summed E-state index contributed by atoms with van der Waals surface area (Å²) in [4.78, 5) is 12.8. The Morgan fingerprint density at radius 3 is 2.42 bits per heavy atom. The smallest absolute Gasteiger partial charge is 0.250 e. The van der Waals surface area contributed by atoms with Gasteiger partial charge in [0.2, 0.25) is 5.91 Å². The van der Waals surface area contributed by atoms with Crippen LogP contribution < -0.4 is 15.8 Å². The van der Waals surface area contributed by atoms with Crippen LogP contribution in [-0.4, -0.2) is 33.0 Å². The lowest BCUT2D eigenvalue weighted by Crippen LogP contribution is -2.51. The second-order valence-electron chi connectivity index (χ2n) is 7.77. The lowest BCUT2D eigenvalue weighted by molar-refractivity contribution is -0.128. The van der Waals surface area contributed by atoms with Crippen LogP contribution in [0.15, 0.2) is 16.3 Å². The molecular formula is C17H30ClN3O3S2. The van der Waals surface area contributed by atoms with Crippen LogP contribution in [0.4, 0.5) is 0 Å². The normalized spacial score (nSPS) is 16.9. The molecule has 1 aromatic heterocycles. The number of carbonyl (C=O) groups excluding carboxylic acids is 1. The van der Waals surface area contributed by atoms with E-state index in [-0.39, 0.29) is 18.3 Å². The van der Waals surface area contributed by atoms with Gasteiger partial charge in [0.1, 0.15) is 4.21 Å². The van der Waals surface area contributed by atoms with Gasteiger partial charge in [-0.1, -0.05) is 33.6 Å². The van der Waals surface area contributed by atoms with Gasteiger partial charge in [-0.25, -0.2) is 13.1 Å². The van der Waals surface area contributed by atoms with E-state index < -0.39 is 21.0 Å². The van der Waals surface area contributed by atoms with Crippen LogP contribution in [0.3, 0.4) is 0 Å². The third kappa shape index (κ3) is 5.92. The topological polar surface area (TPSA) is 101 Å². The van der Waals surface area contributed by atoms with Crippen molar-refractivity contribution in [1.29, 1.82) is 0 Å². The fourth-order valence-electron chi connectivity index (χ4n) is 2.94. The molecule has 0 aliphatic heterocycles. The zero-order valence-electron chi connectivity index (χ0n) is 15.6. The number of hydrogen-bond donors (Lipinski definition) is 3. The minimum absolute atomic E-state index is 0. The standard InChI is InChI=1S/C17H29N3O3S2.ClH/c1-16(2,3)15(21)19-11-8-13-6-7-14(24-13)25(22,23)20-17(12-18)9-4-5-10-17;/h6-7,20H,4-5,8-12,18H2,1-3H3,(H,19,21);1H. The number of carbonyl (C=O) groups is 1. The molecule has 0 aromatic carbocycles. The Kier molecular flexibility index (Phi) is 8.10. The summed E-state index contributed by atoms with van der Waals surface area (Å²) in [6.45, 7) is 6.40. The zero-order chi connectivity index (χ0) is 18.7. The molecule has 1 heterocycles. The van der Waals surface area contributed by atoms with E-state index in [0.717, 1.165) is 30.6 Å². The van der Waals surface area contributed by atoms with Crippen LogP contribution in [0.25, 0.3) is 0 Å². The Labute approximate surface area is 166 Å². The molecule has 1 amide bonds. The molecule has 0 spiro atoms. The summed E-state index contributed by atoms with van der Waals surface area (Å²) in [7, 11) is -3.56. The highest BCUT2D eigenvalue weighted by Crippen LogP contribution is 2.31. The first-order chi connectivity index (χ1) is 11.6. The molecule has 2 rings (SSSR count). The van der Waals surface area contributed by atoms with Gasteiger partial charge in [-0.15, -0.1) is 23.7 Å². The Bertz CT molecular complexity index is 705. The summed E-state index contributed by atoms with van der Waals surface area (Å²) in [5.41, 5.74) is 4.90. The maximum atomic E-state index is 12.7. The number of amides is 1. The van der Waals surface area contributed by atoms with Gasteiger partial charge in [-0.2, -0.15) is 0 Å². The van der Waals surface area contributed by atoms with E-state index in [1.54, 1.807) is 6.07 Å². The highest BCUT2D eigenvalue weighted by atomic mass is 35.5. The van der Waals surface area contributed by atoms with E-state index in [0.29, 0.717) is 23.7 Å². The largest absolute Gasteiger partial charge is 0.355 e. The van der Waals surface area contributed by atoms with Gasteiger partial charge in [0.25, 0.3) is 10.0 Å². The van der Waals surface area contributed by atoms with Crippen molar-refractivity contribution < 1.29 is 13.2 Å². The van der Waals surface area contributed by atoms with Crippen molar-refractivity contribution in [2.75, 3.05) is 13.1 Å².